The van der Waals surface area contributed by atoms with Gasteiger partial charge in [0.05, 0.1) is 0 Å². The Morgan fingerprint density at radius 3 is 2.89 bits per heavy atom. The lowest BCUT2D eigenvalue weighted by Crippen LogP contribution is -2.39. The fraction of sp³-hybridized carbons (Fsp3) is 0.857. The number of piperidine rings is 1. The predicted molar refractivity (Wildman–Crippen MR) is 75.0 cm³/mol. The molecular formula is C14H25N5. The van der Waals surface area contributed by atoms with Gasteiger partial charge in [-0.1, -0.05) is 0 Å². The molecule has 0 aromatic carbocycles. The summed E-state index contributed by atoms with van der Waals surface area (Å²) in [4.78, 5) is 7.31. The van der Waals surface area contributed by atoms with E-state index in [4.69, 9.17) is 15.8 Å². The summed E-state index contributed by atoms with van der Waals surface area (Å²) in [6, 6.07) is 0.886. The number of aromatic nitrogens is 3. The first kappa shape index (κ1) is 13.1. The van der Waals surface area contributed by atoms with Crippen LogP contribution in [0.5, 0.6) is 0 Å². The maximum atomic E-state index is 6.01. The monoisotopic (exact) mass is 263 g/mol. The largest absolute Gasteiger partial charge is 0.327 e. The minimum absolute atomic E-state index is 0.267. The molecule has 2 aliphatic rings. The third-order valence-corrected chi connectivity index (χ3v) is 4.47. The van der Waals surface area contributed by atoms with Crippen molar-refractivity contribution in [3.05, 3.63) is 11.6 Å². The van der Waals surface area contributed by atoms with Crippen LogP contribution in [0.25, 0.3) is 0 Å². The van der Waals surface area contributed by atoms with E-state index in [1.807, 2.05) is 0 Å². The molecule has 1 saturated heterocycles. The molecule has 5 heteroatoms. The number of rotatable bonds is 2. The molecule has 0 amide bonds. The van der Waals surface area contributed by atoms with E-state index < -0.39 is 0 Å². The van der Waals surface area contributed by atoms with Gasteiger partial charge in [-0.2, -0.15) is 5.10 Å². The summed E-state index contributed by atoms with van der Waals surface area (Å²) in [7, 11) is 0. The van der Waals surface area contributed by atoms with Gasteiger partial charge in [-0.25, -0.2) is 9.67 Å². The van der Waals surface area contributed by atoms with Gasteiger partial charge in [0.2, 0.25) is 0 Å². The van der Waals surface area contributed by atoms with Gasteiger partial charge in [-0.05, 0) is 39.7 Å². The molecule has 2 atom stereocenters. The van der Waals surface area contributed by atoms with E-state index in [9.17, 15) is 0 Å². The van der Waals surface area contributed by atoms with Crippen molar-refractivity contribution >= 4 is 0 Å². The molecule has 1 fully saturated rings. The Morgan fingerprint density at radius 1 is 1.26 bits per heavy atom. The maximum absolute atomic E-state index is 6.01. The van der Waals surface area contributed by atoms with E-state index in [0.29, 0.717) is 12.0 Å². The van der Waals surface area contributed by atoms with E-state index in [1.165, 1.54) is 19.4 Å². The van der Waals surface area contributed by atoms with E-state index >= 15 is 0 Å². The number of nitrogens with two attached hydrogens (primary N) is 1. The van der Waals surface area contributed by atoms with Crippen LogP contribution < -0.4 is 5.73 Å². The zero-order valence-electron chi connectivity index (χ0n) is 12.0. The SMILES string of the molecule is CC(C)N1CCCC(c2nc3n(n2)CCC(N)C3)C1. The van der Waals surface area contributed by atoms with E-state index in [1.54, 1.807) is 0 Å². The predicted octanol–water partition coefficient (Wildman–Crippen LogP) is 1.14. The molecule has 2 aliphatic heterocycles. The van der Waals surface area contributed by atoms with Crippen molar-refractivity contribution in [3.63, 3.8) is 0 Å². The topological polar surface area (TPSA) is 60.0 Å². The molecule has 106 valence electrons. The highest BCUT2D eigenvalue weighted by atomic mass is 15.4. The van der Waals surface area contributed by atoms with Gasteiger partial charge < -0.3 is 10.6 Å². The van der Waals surface area contributed by atoms with Crippen molar-refractivity contribution in [1.82, 2.24) is 19.7 Å². The number of aryl methyl sites for hydroxylation is 1. The van der Waals surface area contributed by atoms with Crippen LogP contribution in [-0.2, 0) is 13.0 Å². The molecule has 0 radical (unpaired) electrons. The molecule has 2 unspecified atom stereocenters. The van der Waals surface area contributed by atoms with Gasteiger partial charge in [0.15, 0.2) is 5.82 Å². The first-order chi connectivity index (χ1) is 9.13. The zero-order chi connectivity index (χ0) is 13.4. The van der Waals surface area contributed by atoms with Crippen LogP contribution in [0.2, 0.25) is 0 Å². The lowest BCUT2D eigenvalue weighted by Gasteiger charge is -2.34. The van der Waals surface area contributed by atoms with Crippen LogP contribution in [0.4, 0.5) is 0 Å². The molecular weight excluding hydrogens is 238 g/mol. The van der Waals surface area contributed by atoms with Gasteiger partial charge in [-0.3, -0.25) is 0 Å². The average Bonchev–Trinajstić information content (AvgIpc) is 2.81. The van der Waals surface area contributed by atoms with Crippen LogP contribution in [0.3, 0.4) is 0 Å². The standard InChI is InChI=1S/C14H25N5/c1-10(2)18-6-3-4-11(9-18)14-16-13-8-12(15)5-7-19(13)17-14/h10-12H,3-9,15H2,1-2H3. The molecule has 0 bridgehead atoms. The second kappa shape index (κ2) is 5.21. The summed E-state index contributed by atoms with van der Waals surface area (Å²) in [6.07, 6.45) is 4.39. The first-order valence-corrected chi connectivity index (χ1v) is 7.56. The molecule has 2 N–H and O–H groups in total. The number of hydrogen-bond acceptors (Lipinski definition) is 4. The van der Waals surface area contributed by atoms with Crippen molar-refractivity contribution in [2.75, 3.05) is 13.1 Å². The van der Waals surface area contributed by atoms with Crippen molar-refractivity contribution < 1.29 is 0 Å². The van der Waals surface area contributed by atoms with Crippen LogP contribution in [-0.4, -0.2) is 44.8 Å². The van der Waals surface area contributed by atoms with Crippen LogP contribution in [0, 0.1) is 0 Å². The lowest BCUT2D eigenvalue weighted by molar-refractivity contribution is 0.164. The summed E-state index contributed by atoms with van der Waals surface area (Å²) in [6.45, 7) is 7.80. The quantitative estimate of drug-likeness (QED) is 0.869. The number of nitrogens with zero attached hydrogens (tertiary/aromatic N) is 4. The average molecular weight is 263 g/mol. The Bertz CT molecular complexity index is 439. The van der Waals surface area contributed by atoms with Crippen molar-refractivity contribution in [2.45, 2.75) is 64.1 Å². The van der Waals surface area contributed by atoms with Gasteiger partial charge >= 0.3 is 0 Å². The van der Waals surface area contributed by atoms with Crippen LogP contribution >= 0.6 is 0 Å². The fourth-order valence-corrected chi connectivity index (χ4v) is 3.21. The van der Waals surface area contributed by atoms with E-state index in [-0.39, 0.29) is 6.04 Å². The molecule has 0 aliphatic carbocycles. The molecule has 0 saturated carbocycles. The molecule has 0 spiro atoms. The molecule has 1 aromatic rings. The molecule has 3 rings (SSSR count). The first-order valence-electron chi connectivity index (χ1n) is 7.56. The Morgan fingerprint density at radius 2 is 2.11 bits per heavy atom. The molecule has 5 nitrogen and oxygen atoms in total. The summed E-state index contributed by atoms with van der Waals surface area (Å²) < 4.78 is 2.08. The molecule has 3 heterocycles. The van der Waals surface area contributed by atoms with Gasteiger partial charge in [0.25, 0.3) is 0 Å². The zero-order valence-corrected chi connectivity index (χ0v) is 12.0. The highest BCUT2D eigenvalue weighted by molar-refractivity contribution is 5.05. The van der Waals surface area contributed by atoms with Crippen molar-refractivity contribution in [3.8, 4) is 0 Å². The van der Waals surface area contributed by atoms with E-state index in [0.717, 1.165) is 37.6 Å². The van der Waals surface area contributed by atoms with Crippen molar-refractivity contribution in [1.29, 1.82) is 0 Å². The summed E-state index contributed by atoms with van der Waals surface area (Å²) in [5.74, 6) is 2.65. The number of likely N-dealkylation sites (tertiary alicyclic amines) is 1. The minimum atomic E-state index is 0.267. The van der Waals surface area contributed by atoms with E-state index in [2.05, 4.69) is 23.4 Å². The van der Waals surface area contributed by atoms with Crippen molar-refractivity contribution in [2.24, 2.45) is 5.73 Å². The fourth-order valence-electron chi connectivity index (χ4n) is 3.21. The van der Waals surface area contributed by atoms with Gasteiger partial charge in [0.1, 0.15) is 5.82 Å². The maximum Gasteiger partial charge on any atom is 0.155 e. The smallest absolute Gasteiger partial charge is 0.155 e. The second-order valence-corrected chi connectivity index (χ2v) is 6.29. The second-order valence-electron chi connectivity index (χ2n) is 6.29. The molecule has 19 heavy (non-hydrogen) atoms. The lowest BCUT2D eigenvalue weighted by atomic mass is 9.96. The highest BCUT2D eigenvalue weighted by Crippen LogP contribution is 2.26. The summed E-state index contributed by atoms with van der Waals surface area (Å²) in [5, 5.41) is 4.73. The third-order valence-electron chi connectivity index (χ3n) is 4.47. The Kier molecular flexibility index (Phi) is 3.58. The van der Waals surface area contributed by atoms with Gasteiger partial charge in [-0.15, -0.1) is 0 Å². The molecule has 1 aromatic heterocycles. The minimum Gasteiger partial charge on any atom is -0.327 e. The van der Waals surface area contributed by atoms with Gasteiger partial charge in [0, 0.05) is 37.5 Å². The Balaban J connectivity index is 1.75. The van der Waals surface area contributed by atoms with Crippen LogP contribution in [0.15, 0.2) is 0 Å². The third kappa shape index (κ3) is 2.67. The number of fused-ring (bicyclic) bond motifs is 1. The summed E-state index contributed by atoms with van der Waals surface area (Å²) >= 11 is 0. The number of hydrogen-bond donors (Lipinski definition) is 1. The highest BCUT2D eigenvalue weighted by Gasteiger charge is 2.28. The Hall–Kier alpha value is -0.940. The Labute approximate surface area is 115 Å². The summed E-state index contributed by atoms with van der Waals surface area (Å²) in [5.41, 5.74) is 6.01. The normalized spacial score (nSPS) is 28.6. The van der Waals surface area contributed by atoms with Crippen LogP contribution in [0.1, 0.15) is 50.7 Å².